The Labute approximate surface area is 190 Å². The number of aromatic nitrogens is 5. The number of carbonyl (C=O) groups is 1. The van der Waals surface area contributed by atoms with Crippen LogP contribution in [-0.2, 0) is 12.5 Å². The summed E-state index contributed by atoms with van der Waals surface area (Å²) >= 11 is 0. The zero-order valence-electron chi connectivity index (χ0n) is 19.2. The minimum Gasteiger partial charge on any atom is -0.493 e. The second kappa shape index (κ2) is 6.81. The number of amides is 1. The molecule has 2 atom stereocenters. The molecule has 1 amide bonds. The fourth-order valence-electron chi connectivity index (χ4n) is 4.88. The highest BCUT2D eigenvalue weighted by atomic mass is 16.3. The van der Waals surface area contributed by atoms with Gasteiger partial charge in [0.25, 0.3) is 5.91 Å². The first-order valence-electron chi connectivity index (χ1n) is 10.8. The largest absolute Gasteiger partial charge is 0.493 e. The average molecular weight is 447 g/mol. The minimum absolute atomic E-state index is 0.172. The number of nitrogens with zero attached hydrogens (tertiary/aromatic N) is 7. The van der Waals surface area contributed by atoms with Gasteiger partial charge in [-0.1, -0.05) is 20.8 Å². The summed E-state index contributed by atoms with van der Waals surface area (Å²) < 4.78 is 4.38. The number of rotatable bonds is 2. The zero-order chi connectivity index (χ0) is 23.8. The van der Waals surface area contributed by atoms with Crippen molar-refractivity contribution in [2.45, 2.75) is 51.6 Å². The highest BCUT2D eigenvalue weighted by Crippen LogP contribution is 2.49. The molecular formula is C23H25N7O3. The van der Waals surface area contributed by atoms with Gasteiger partial charge >= 0.3 is 5.69 Å². The zero-order valence-corrected chi connectivity index (χ0v) is 19.2. The lowest BCUT2D eigenvalue weighted by molar-refractivity contribution is 0.0700. The van der Waals surface area contributed by atoms with E-state index in [2.05, 4.69) is 10.1 Å². The number of likely N-dealkylation sites (tertiary alicyclic amines) is 1. The van der Waals surface area contributed by atoms with Crippen LogP contribution in [0, 0.1) is 18.3 Å². The van der Waals surface area contributed by atoms with Gasteiger partial charge in [0.05, 0.1) is 29.7 Å². The van der Waals surface area contributed by atoms with Crippen molar-refractivity contribution >= 4 is 5.91 Å². The van der Waals surface area contributed by atoms with Gasteiger partial charge in [0.15, 0.2) is 0 Å². The van der Waals surface area contributed by atoms with Crippen LogP contribution in [0.4, 0.5) is 0 Å². The number of aryl methyl sites for hydroxylation is 2. The first-order chi connectivity index (χ1) is 15.5. The van der Waals surface area contributed by atoms with Gasteiger partial charge in [-0.05, 0) is 31.0 Å². The Kier molecular flexibility index (Phi) is 4.34. The lowest BCUT2D eigenvalue weighted by atomic mass is 9.92. The third-order valence-corrected chi connectivity index (χ3v) is 6.61. The first kappa shape index (κ1) is 21.0. The number of hydrogen-bond donors (Lipinski definition) is 1. The summed E-state index contributed by atoms with van der Waals surface area (Å²) in [5.41, 5.74) is 2.44. The van der Waals surface area contributed by atoms with Crippen LogP contribution in [0.3, 0.4) is 0 Å². The van der Waals surface area contributed by atoms with Gasteiger partial charge in [-0.3, -0.25) is 14.0 Å². The van der Waals surface area contributed by atoms with Crippen LogP contribution in [0.25, 0.3) is 5.69 Å². The SMILES string of the molecule is Cc1cc(-n2c(O)c3n(c2=O)[C@H]2C[C@@H]3N(C(=O)c3cc(C(C)(C)C)nn3C)C2)cnc1C#N. The van der Waals surface area contributed by atoms with E-state index in [1.807, 2.05) is 32.9 Å². The first-order valence-corrected chi connectivity index (χ1v) is 10.8. The molecule has 1 saturated heterocycles. The summed E-state index contributed by atoms with van der Waals surface area (Å²) in [5.74, 6) is -0.369. The summed E-state index contributed by atoms with van der Waals surface area (Å²) in [4.78, 5) is 32.5. The van der Waals surface area contributed by atoms with E-state index in [-0.39, 0.29) is 34.6 Å². The third kappa shape index (κ3) is 2.92. The molecule has 170 valence electrons. The fraction of sp³-hybridized carbons (Fsp3) is 0.435. The molecule has 10 heteroatoms. The number of pyridine rings is 1. The molecule has 3 aromatic heterocycles. The summed E-state index contributed by atoms with van der Waals surface area (Å²) in [6.45, 7) is 8.24. The summed E-state index contributed by atoms with van der Waals surface area (Å²) in [6.07, 6.45) is 1.98. The Balaban J connectivity index is 1.54. The molecule has 0 saturated carbocycles. The molecule has 0 spiro atoms. The molecule has 2 aliphatic rings. The lowest BCUT2D eigenvalue weighted by Gasteiger charge is -2.27. The van der Waals surface area contributed by atoms with Gasteiger partial charge in [0, 0.05) is 19.0 Å². The summed E-state index contributed by atoms with van der Waals surface area (Å²) in [6, 6.07) is 4.85. The molecule has 0 aromatic carbocycles. The fourth-order valence-corrected chi connectivity index (χ4v) is 4.88. The van der Waals surface area contributed by atoms with E-state index in [1.54, 1.807) is 34.2 Å². The Morgan fingerprint density at radius 3 is 2.64 bits per heavy atom. The maximum atomic E-state index is 13.4. The predicted octanol–water partition coefficient (Wildman–Crippen LogP) is 2.09. The van der Waals surface area contributed by atoms with Crippen LogP contribution in [0.1, 0.15) is 72.4 Å². The lowest BCUT2D eigenvalue weighted by Crippen LogP contribution is -2.38. The van der Waals surface area contributed by atoms with Gasteiger partial charge in [-0.2, -0.15) is 10.4 Å². The number of carbonyl (C=O) groups excluding carboxylic acids is 1. The Morgan fingerprint density at radius 1 is 1.30 bits per heavy atom. The molecular weight excluding hydrogens is 422 g/mol. The van der Waals surface area contributed by atoms with Gasteiger partial charge in [-0.15, -0.1) is 0 Å². The molecule has 0 aliphatic carbocycles. The topological polar surface area (TPSA) is 122 Å². The number of nitriles is 1. The van der Waals surface area contributed by atoms with Crippen LogP contribution in [-0.4, -0.2) is 46.4 Å². The van der Waals surface area contributed by atoms with Crippen molar-refractivity contribution in [3.05, 3.63) is 57.2 Å². The second-order valence-corrected chi connectivity index (χ2v) is 9.82. The highest BCUT2D eigenvalue weighted by molar-refractivity contribution is 5.93. The van der Waals surface area contributed by atoms with E-state index in [9.17, 15) is 14.7 Å². The van der Waals surface area contributed by atoms with Crippen molar-refractivity contribution in [1.29, 1.82) is 5.26 Å². The van der Waals surface area contributed by atoms with E-state index in [1.165, 1.54) is 10.8 Å². The quantitative estimate of drug-likeness (QED) is 0.642. The van der Waals surface area contributed by atoms with Crippen molar-refractivity contribution in [2.75, 3.05) is 6.54 Å². The van der Waals surface area contributed by atoms with Crippen molar-refractivity contribution in [3.63, 3.8) is 0 Å². The maximum absolute atomic E-state index is 13.4. The minimum atomic E-state index is -0.406. The number of fused-ring (bicyclic) bond motifs is 5. The molecule has 10 nitrogen and oxygen atoms in total. The van der Waals surface area contributed by atoms with E-state index in [4.69, 9.17) is 5.26 Å². The normalized spacial score (nSPS) is 19.1. The van der Waals surface area contributed by atoms with Gasteiger partial charge < -0.3 is 10.0 Å². The van der Waals surface area contributed by atoms with Crippen molar-refractivity contribution in [2.24, 2.45) is 7.05 Å². The van der Waals surface area contributed by atoms with E-state index in [0.29, 0.717) is 35.6 Å². The smallest absolute Gasteiger partial charge is 0.336 e. The molecule has 1 N–H and O–H groups in total. The molecule has 5 rings (SSSR count). The van der Waals surface area contributed by atoms with Gasteiger partial charge in [0.1, 0.15) is 23.2 Å². The van der Waals surface area contributed by atoms with Gasteiger partial charge in [0.2, 0.25) is 5.88 Å². The van der Waals surface area contributed by atoms with Crippen LogP contribution < -0.4 is 5.69 Å². The Bertz CT molecular complexity index is 1410. The second-order valence-electron chi connectivity index (χ2n) is 9.82. The number of aromatic hydroxyl groups is 1. The number of imidazole rings is 1. The number of hydrogen-bond acceptors (Lipinski definition) is 6. The molecule has 1 fully saturated rings. The monoisotopic (exact) mass is 447 g/mol. The molecule has 0 radical (unpaired) electrons. The van der Waals surface area contributed by atoms with Crippen molar-refractivity contribution in [1.82, 2.24) is 28.8 Å². The summed E-state index contributed by atoms with van der Waals surface area (Å²) in [5, 5.41) is 24.7. The van der Waals surface area contributed by atoms with Crippen LogP contribution in [0.15, 0.2) is 23.1 Å². The highest BCUT2D eigenvalue weighted by Gasteiger charge is 2.49. The van der Waals surface area contributed by atoms with Crippen molar-refractivity contribution < 1.29 is 9.90 Å². The van der Waals surface area contributed by atoms with Crippen molar-refractivity contribution in [3.8, 4) is 17.6 Å². The van der Waals surface area contributed by atoms with Gasteiger partial charge in [-0.25, -0.2) is 14.3 Å². The van der Waals surface area contributed by atoms with Crippen LogP contribution in [0.2, 0.25) is 0 Å². The third-order valence-electron chi connectivity index (χ3n) is 6.61. The average Bonchev–Trinajstić information content (AvgIpc) is 3.49. The Hall–Kier alpha value is -3.87. The van der Waals surface area contributed by atoms with Crippen LogP contribution in [0.5, 0.6) is 5.88 Å². The summed E-state index contributed by atoms with van der Waals surface area (Å²) in [7, 11) is 1.75. The molecule has 33 heavy (non-hydrogen) atoms. The molecule has 3 aromatic rings. The van der Waals surface area contributed by atoms with Crippen LogP contribution >= 0.6 is 0 Å². The Morgan fingerprint density at radius 2 is 2.03 bits per heavy atom. The van der Waals surface area contributed by atoms with E-state index in [0.717, 1.165) is 5.69 Å². The molecule has 2 aliphatic heterocycles. The van der Waals surface area contributed by atoms with E-state index >= 15 is 0 Å². The van der Waals surface area contributed by atoms with E-state index < -0.39 is 6.04 Å². The molecule has 2 bridgehead atoms. The molecule has 5 heterocycles. The standard InChI is InChI=1S/C23H25N7O3/c1-12-6-13(10-25-15(12)9-24)30-21(32)19-16-7-14(29(19)22(30)33)11-28(16)20(31)17-8-18(23(2,3)4)26-27(17)5/h6,8,10,14,16,32H,7,11H2,1-5H3/t14-,16-/m0/s1. The predicted molar refractivity (Wildman–Crippen MR) is 118 cm³/mol. The maximum Gasteiger partial charge on any atom is 0.336 e. The molecule has 0 unspecified atom stereocenters.